The van der Waals surface area contributed by atoms with Crippen molar-refractivity contribution in [3.05, 3.63) is 23.3 Å². The van der Waals surface area contributed by atoms with E-state index in [1.807, 2.05) is 12.1 Å². The first-order valence-corrected chi connectivity index (χ1v) is 9.47. The van der Waals surface area contributed by atoms with E-state index in [0.29, 0.717) is 12.2 Å². The maximum Gasteiger partial charge on any atom is 0.303 e. The van der Waals surface area contributed by atoms with Gasteiger partial charge < -0.3 is 14.3 Å². The molecule has 0 aromatic heterocycles. The third-order valence-electron chi connectivity index (χ3n) is 3.12. The molecule has 1 rings (SSSR count). The van der Waals surface area contributed by atoms with Crippen LogP contribution >= 0.6 is 0 Å². The molecule has 21 heavy (non-hydrogen) atoms. The van der Waals surface area contributed by atoms with Crippen LogP contribution in [0.25, 0.3) is 0 Å². The highest BCUT2D eigenvalue weighted by molar-refractivity contribution is 6.49. The monoisotopic (exact) mass is 309 g/mol. The van der Waals surface area contributed by atoms with Gasteiger partial charge in [-0.3, -0.25) is 4.79 Å². The molecule has 0 spiro atoms. The summed E-state index contributed by atoms with van der Waals surface area (Å²) in [4.78, 5) is 10.8. The fourth-order valence-corrected chi connectivity index (χ4v) is 2.78. The molecule has 1 aromatic rings. The second-order valence-corrected chi connectivity index (χ2v) is 8.31. The van der Waals surface area contributed by atoms with Gasteiger partial charge in [-0.15, -0.1) is 0 Å². The summed E-state index contributed by atoms with van der Waals surface area (Å²) >= 11 is 0. The first-order chi connectivity index (χ1) is 9.66. The molecule has 0 saturated heterocycles. The van der Waals surface area contributed by atoms with Crippen LogP contribution in [0.3, 0.4) is 0 Å². The van der Waals surface area contributed by atoms with Crippen molar-refractivity contribution in [2.24, 2.45) is 0 Å². The van der Waals surface area contributed by atoms with Crippen molar-refractivity contribution in [2.75, 3.05) is 7.11 Å². The normalized spacial score (nSPS) is 11.6. The molecule has 0 amide bonds. The van der Waals surface area contributed by atoms with E-state index in [1.165, 1.54) is 0 Å². The van der Waals surface area contributed by atoms with Gasteiger partial charge in [0, 0.05) is 12.0 Å². The quantitative estimate of drug-likeness (QED) is 0.815. The first kappa shape index (κ1) is 17.6. The van der Waals surface area contributed by atoms with E-state index in [-0.39, 0.29) is 11.8 Å². The van der Waals surface area contributed by atoms with Crippen LogP contribution in [0.2, 0.25) is 13.1 Å². The molecule has 1 radical (unpaired) electrons. The lowest BCUT2D eigenvalue weighted by atomic mass is 9.85. The second-order valence-electron chi connectivity index (χ2n) is 6.29. The molecule has 117 valence electrons. The summed E-state index contributed by atoms with van der Waals surface area (Å²) < 4.78 is 11.6. The number of benzene rings is 1. The molecule has 1 N–H and O–H groups in total. The van der Waals surface area contributed by atoms with Gasteiger partial charge in [0.1, 0.15) is 5.75 Å². The smallest absolute Gasteiger partial charge is 0.303 e. The van der Waals surface area contributed by atoms with Crippen LogP contribution in [-0.4, -0.2) is 27.2 Å². The number of hydrogen-bond donors (Lipinski definition) is 1. The van der Waals surface area contributed by atoms with Gasteiger partial charge >= 0.3 is 5.97 Å². The average molecular weight is 309 g/mol. The summed E-state index contributed by atoms with van der Waals surface area (Å²) in [7, 11) is 0.667. The average Bonchev–Trinajstić information content (AvgIpc) is 2.34. The van der Waals surface area contributed by atoms with E-state index in [4.69, 9.17) is 14.3 Å². The van der Waals surface area contributed by atoms with Crippen LogP contribution < -0.4 is 9.16 Å². The Morgan fingerprint density at radius 3 is 2.29 bits per heavy atom. The Labute approximate surface area is 128 Å². The standard InChI is InChI=1S/C16H25O4Si/c1-16(2,3)12-9-7-11(8-10-13(17)18)14(15(12)19-4)20-21(5)6/h7,9H,8,10H2,1-6H3,(H,17,18). The third-order valence-corrected chi connectivity index (χ3v) is 3.73. The Morgan fingerprint density at radius 1 is 1.24 bits per heavy atom. The molecule has 4 nitrogen and oxygen atoms in total. The Hall–Kier alpha value is -1.49. The van der Waals surface area contributed by atoms with Gasteiger partial charge in [0.2, 0.25) is 0 Å². The number of rotatable bonds is 6. The number of methoxy groups -OCH3 is 1. The van der Waals surface area contributed by atoms with Gasteiger partial charge in [-0.1, -0.05) is 32.9 Å². The Kier molecular flexibility index (Phi) is 5.84. The fraction of sp³-hybridized carbons (Fsp3) is 0.562. The minimum absolute atomic E-state index is 0.0663. The maximum atomic E-state index is 10.8. The van der Waals surface area contributed by atoms with E-state index in [9.17, 15) is 4.79 Å². The number of carboxylic acids is 1. The van der Waals surface area contributed by atoms with Gasteiger partial charge in [0.15, 0.2) is 5.75 Å². The maximum absolute atomic E-state index is 10.8. The van der Waals surface area contributed by atoms with E-state index in [0.717, 1.165) is 16.9 Å². The zero-order valence-corrected chi connectivity index (χ0v) is 14.7. The Morgan fingerprint density at radius 2 is 1.86 bits per heavy atom. The lowest BCUT2D eigenvalue weighted by Crippen LogP contribution is -2.18. The van der Waals surface area contributed by atoms with Crippen LogP contribution in [0.5, 0.6) is 11.5 Å². The minimum Gasteiger partial charge on any atom is -0.540 e. The molecule has 0 aliphatic carbocycles. The van der Waals surface area contributed by atoms with Crippen molar-refractivity contribution in [1.29, 1.82) is 0 Å². The highest BCUT2D eigenvalue weighted by Crippen LogP contribution is 2.41. The van der Waals surface area contributed by atoms with Crippen molar-refractivity contribution in [2.45, 2.75) is 52.1 Å². The van der Waals surface area contributed by atoms with Crippen molar-refractivity contribution >= 4 is 15.0 Å². The minimum atomic E-state index is -0.968. The predicted molar refractivity (Wildman–Crippen MR) is 85.8 cm³/mol. The number of ether oxygens (including phenoxy) is 1. The van der Waals surface area contributed by atoms with Crippen molar-refractivity contribution in [3.8, 4) is 11.5 Å². The van der Waals surface area contributed by atoms with E-state index in [1.54, 1.807) is 7.11 Å². The molecule has 0 fully saturated rings. The lowest BCUT2D eigenvalue weighted by Gasteiger charge is -2.26. The molecule has 0 aliphatic rings. The second kappa shape index (κ2) is 6.98. The van der Waals surface area contributed by atoms with Crippen LogP contribution in [0, 0.1) is 0 Å². The number of carboxylic acid groups (broad SMARTS) is 1. The molecule has 0 heterocycles. The summed E-state index contributed by atoms with van der Waals surface area (Å²) in [5.41, 5.74) is 1.90. The zero-order chi connectivity index (χ0) is 16.2. The highest BCUT2D eigenvalue weighted by Gasteiger charge is 2.24. The lowest BCUT2D eigenvalue weighted by molar-refractivity contribution is -0.136. The summed E-state index contributed by atoms with van der Waals surface area (Å²) in [6, 6.07) is 3.98. The van der Waals surface area contributed by atoms with Crippen LogP contribution in [0.1, 0.15) is 38.3 Å². The van der Waals surface area contributed by atoms with E-state index < -0.39 is 15.0 Å². The Bertz CT molecular complexity index is 504. The van der Waals surface area contributed by atoms with Gasteiger partial charge in [0.05, 0.1) is 7.11 Å². The topological polar surface area (TPSA) is 55.8 Å². The van der Waals surface area contributed by atoms with Gasteiger partial charge in [-0.25, -0.2) is 0 Å². The van der Waals surface area contributed by atoms with Crippen LogP contribution in [-0.2, 0) is 16.6 Å². The summed E-state index contributed by atoms with van der Waals surface area (Å²) in [6.45, 7) is 10.5. The zero-order valence-electron chi connectivity index (χ0n) is 13.7. The summed E-state index contributed by atoms with van der Waals surface area (Å²) in [6.07, 6.45) is 0.532. The molecule has 0 aliphatic heterocycles. The predicted octanol–water partition coefficient (Wildman–Crippen LogP) is 3.64. The van der Waals surface area contributed by atoms with Crippen LogP contribution in [0.15, 0.2) is 12.1 Å². The molecule has 0 saturated carbocycles. The Balaban J connectivity index is 3.35. The van der Waals surface area contributed by atoms with Crippen molar-refractivity contribution in [3.63, 3.8) is 0 Å². The van der Waals surface area contributed by atoms with Crippen molar-refractivity contribution < 1.29 is 19.1 Å². The van der Waals surface area contributed by atoms with E-state index >= 15 is 0 Å². The fourth-order valence-electron chi connectivity index (χ4n) is 2.15. The third kappa shape index (κ3) is 4.77. The molecule has 0 bridgehead atoms. The molecule has 1 aromatic carbocycles. The molecule has 0 atom stereocenters. The van der Waals surface area contributed by atoms with Crippen LogP contribution in [0.4, 0.5) is 0 Å². The number of aryl methyl sites for hydroxylation is 1. The number of carbonyl (C=O) groups is 1. The number of hydrogen-bond acceptors (Lipinski definition) is 3. The first-order valence-electron chi connectivity index (χ1n) is 7.07. The highest BCUT2D eigenvalue weighted by atomic mass is 28.3. The largest absolute Gasteiger partial charge is 0.540 e. The number of aliphatic carboxylic acids is 1. The van der Waals surface area contributed by atoms with Gasteiger partial charge in [-0.05, 0) is 30.5 Å². The SMILES string of the molecule is COc1c(C(C)(C)C)ccc(CCC(=O)O)c1O[Si](C)C. The molecular weight excluding hydrogens is 284 g/mol. The van der Waals surface area contributed by atoms with Gasteiger partial charge in [-0.2, -0.15) is 0 Å². The summed E-state index contributed by atoms with van der Waals surface area (Å²) in [5, 5.41) is 8.89. The molecule has 0 unspecified atom stereocenters. The molecule has 5 heteroatoms. The molecular formula is C16H25O4Si. The van der Waals surface area contributed by atoms with Gasteiger partial charge in [0.25, 0.3) is 9.04 Å². The summed E-state index contributed by atoms with van der Waals surface area (Å²) in [5.74, 6) is 0.639. The van der Waals surface area contributed by atoms with E-state index in [2.05, 4.69) is 33.9 Å². The van der Waals surface area contributed by atoms with Crippen molar-refractivity contribution in [1.82, 2.24) is 0 Å².